The van der Waals surface area contributed by atoms with Gasteiger partial charge in [-0.2, -0.15) is 0 Å². The lowest BCUT2D eigenvalue weighted by Gasteiger charge is -2.10. The zero-order chi connectivity index (χ0) is 23.3. The lowest BCUT2D eigenvalue weighted by Crippen LogP contribution is -2.12. The highest BCUT2D eigenvalue weighted by molar-refractivity contribution is 8.15. The Morgan fingerprint density at radius 3 is 2.34 bits per heavy atom. The van der Waals surface area contributed by atoms with Gasteiger partial charge in [0.2, 0.25) is 0 Å². The van der Waals surface area contributed by atoms with Crippen LogP contribution in [0.4, 0.5) is 4.79 Å². The standard InChI is InChI=1S/C21H21N3O3S.C4H10/c1-13-19(28-21(25)22-13)10-14-4-6-15(7-5-14)27-12-20-23-17-9-8-16(26-3)11-18(17)24(20)2;1-4(2)3/h4-9,11,19H,10,12H2,1-3H3;4H,1-3H3. The Balaban J connectivity index is 0.000000668. The van der Waals surface area contributed by atoms with Crippen LogP contribution in [-0.2, 0) is 20.1 Å². The largest absolute Gasteiger partial charge is 0.497 e. The summed E-state index contributed by atoms with van der Waals surface area (Å²) in [7, 11) is 3.63. The monoisotopic (exact) mass is 453 g/mol. The average molecular weight is 454 g/mol. The molecule has 2 heterocycles. The molecule has 0 N–H and O–H groups in total. The van der Waals surface area contributed by atoms with Gasteiger partial charge < -0.3 is 14.0 Å². The molecule has 0 fully saturated rings. The van der Waals surface area contributed by atoms with Gasteiger partial charge >= 0.3 is 5.24 Å². The molecule has 1 aliphatic rings. The maximum Gasteiger partial charge on any atom is 0.305 e. The van der Waals surface area contributed by atoms with Crippen molar-refractivity contribution in [1.82, 2.24) is 9.55 Å². The van der Waals surface area contributed by atoms with Gasteiger partial charge in [0.1, 0.15) is 23.9 Å². The molecule has 1 amide bonds. The van der Waals surface area contributed by atoms with Crippen LogP contribution < -0.4 is 9.47 Å². The van der Waals surface area contributed by atoms with Crippen molar-refractivity contribution in [2.24, 2.45) is 18.0 Å². The molecule has 1 aromatic heterocycles. The summed E-state index contributed by atoms with van der Waals surface area (Å²) in [5.74, 6) is 3.27. The Labute approximate surface area is 194 Å². The zero-order valence-electron chi connectivity index (χ0n) is 19.6. The summed E-state index contributed by atoms with van der Waals surface area (Å²) in [4.78, 5) is 20.0. The quantitative estimate of drug-likeness (QED) is 0.454. The first-order chi connectivity index (χ1) is 15.3. The molecule has 3 aromatic rings. The van der Waals surface area contributed by atoms with Crippen LogP contribution in [0.5, 0.6) is 11.5 Å². The fourth-order valence-electron chi connectivity index (χ4n) is 3.20. The fourth-order valence-corrected chi connectivity index (χ4v) is 4.14. The summed E-state index contributed by atoms with van der Waals surface area (Å²) in [6, 6.07) is 13.8. The van der Waals surface area contributed by atoms with Crippen molar-refractivity contribution in [3.63, 3.8) is 0 Å². The second-order valence-electron chi connectivity index (χ2n) is 8.44. The van der Waals surface area contributed by atoms with E-state index in [9.17, 15) is 4.79 Å². The van der Waals surface area contributed by atoms with Crippen molar-refractivity contribution in [3.8, 4) is 11.5 Å². The van der Waals surface area contributed by atoms with E-state index in [1.807, 2.05) is 61.0 Å². The number of thioether (sulfide) groups is 1. The number of fused-ring (bicyclic) bond motifs is 1. The van der Waals surface area contributed by atoms with Crippen molar-refractivity contribution in [2.75, 3.05) is 7.11 Å². The number of hydrogen-bond donors (Lipinski definition) is 0. The normalized spacial score (nSPS) is 15.5. The van der Waals surface area contributed by atoms with E-state index in [4.69, 9.17) is 9.47 Å². The van der Waals surface area contributed by atoms with E-state index in [2.05, 4.69) is 30.7 Å². The van der Waals surface area contributed by atoms with Crippen molar-refractivity contribution in [2.45, 2.75) is 46.0 Å². The van der Waals surface area contributed by atoms with E-state index in [1.54, 1.807) is 7.11 Å². The number of aryl methyl sites for hydroxylation is 1. The summed E-state index contributed by atoms with van der Waals surface area (Å²) in [6.45, 7) is 8.79. The molecular formula is C25H31N3O3S. The number of carbonyl (C=O) groups excluding carboxylic acids is 1. The molecule has 1 aliphatic heterocycles. The minimum absolute atomic E-state index is 0.0949. The van der Waals surface area contributed by atoms with E-state index in [0.29, 0.717) is 6.61 Å². The summed E-state index contributed by atoms with van der Waals surface area (Å²) in [5.41, 5.74) is 3.98. The van der Waals surface area contributed by atoms with E-state index >= 15 is 0 Å². The Bertz CT molecular complexity index is 1100. The van der Waals surface area contributed by atoms with Gasteiger partial charge in [0.25, 0.3) is 0 Å². The average Bonchev–Trinajstić information content (AvgIpc) is 3.24. The number of amides is 1. The Morgan fingerprint density at radius 1 is 1.09 bits per heavy atom. The molecule has 0 bridgehead atoms. The van der Waals surface area contributed by atoms with Gasteiger partial charge in [-0.05, 0) is 49.1 Å². The molecule has 0 spiro atoms. The highest BCUT2D eigenvalue weighted by atomic mass is 32.2. The number of nitrogens with zero attached hydrogens (tertiary/aromatic N) is 3. The molecule has 1 atom stereocenters. The predicted molar refractivity (Wildman–Crippen MR) is 132 cm³/mol. The minimum atomic E-state index is -0.0949. The Kier molecular flexibility index (Phi) is 7.96. The minimum Gasteiger partial charge on any atom is -0.497 e. The fraction of sp³-hybridized carbons (Fsp3) is 0.400. The summed E-state index contributed by atoms with van der Waals surface area (Å²) in [5, 5.41) is 0.0405. The number of carbonyl (C=O) groups is 1. The topological polar surface area (TPSA) is 65.7 Å². The molecule has 7 heteroatoms. The Hall–Kier alpha value is -2.80. The number of methoxy groups -OCH3 is 1. The third kappa shape index (κ3) is 6.13. The molecule has 0 aliphatic carbocycles. The van der Waals surface area contributed by atoms with Gasteiger partial charge in [0.15, 0.2) is 0 Å². The van der Waals surface area contributed by atoms with Crippen LogP contribution in [0.3, 0.4) is 0 Å². The van der Waals surface area contributed by atoms with E-state index in [1.165, 1.54) is 11.8 Å². The Morgan fingerprint density at radius 2 is 1.75 bits per heavy atom. The third-order valence-electron chi connectivity index (χ3n) is 4.87. The lowest BCUT2D eigenvalue weighted by molar-refractivity contribution is 0.268. The van der Waals surface area contributed by atoms with E-state index < -0.39 is 0 Å². The first-order valence-corrected chi connectivity index (χ1v) is 11.6. The van der Waals surface area contributed by atoms with Crippen molar-refractivity contribution >= 4 is 33.7 Å². The number of benzene rings is 2. The predicted octanol–water partition coefficient (Wildman–Crippen LogP) is 6.06. The number of rotatable bonds is 6. The smallest absolute Gasteiger partial charge is 0.305 e. The third-order valence-corrected chi connectivity index (χ3v) is 5.95. The van der Waals surface area contributed by atoms with Gasteiger partial charge in [-0.3, -0.25) is 4.79 Å². The summed E-state index contributed by atoms with van der Waals surface area (Å²) < 4.78 is 13.2. The number of imidazole rings is 1. The van der Waals surface area contributed by atoms with Crippen LogP contribution in [0.15, 0.2) is 47.5 Å². The molecule has 0 radical (unpaired) electrons. The second kappa shape index (κ2) is 10.7. The van der Waals surface area contributed by atoms with Crippen LogP contribution >= 0.6 is 11.8 Å². The molecule has 0 saturated heterocycles. The number of ether oxygens (including phenoxy) is 2. The number of aliphatic imine (C=N–C) groups is 1. The second-order valence-corrected chi connectivity index (χ2v) is 9.59. The van der Waals surface area contributed by atoms with Crippen LogP contribution in [-0.4, -0.2) is 32.9 Å². The number of hydrogen-bond acceptors (Lipinski definition) is 5. The summed E-state index contributed by atoms with van der Waals surface area (Å²) in [6.07, 6.45) is 0.790. The maximum atomic E-state index is 11.4. The van der Waals surface area contributed by atoms with Crippen molar-refractivity contribution in [3.05, 3.63) is 53.9 Å². The first kappa shape index (κ1) is 23.9. The molecule has 32 heavy (non-hydrogen) atoms. The molecular weight excluding hydrogens is 422 g/mol. The van der Waals surface area contributed by atoms with Gasteiger partial charge in [-0.25, -0.2) is 9.98 Å². The van der Waals surface area contributed by atoms with Gasteiger partial charge in [-0.1, -0.05) is 44.7 Å². The van der Waals surface area contributed by atoms with Crippen LogP contribution in [0.2, 0.25) is 0 Å². The summed E-state index contributed by atoms with van der Waals surface area (Å²) >= 11 is 1.29. The molecule has 0 saturated carbocycles. The van der Waals surface area contributed by atoms with Crippen LogP contribution in [0, 0.1) is 5.92 Å². The molecule has 2 aromatic carbocycles. The van der Waals surface area contributed by atoms with Gasteiger partial charge in [0, 0.05) is 18.8 Å². The van der Waals surface area contributed by atoms with Crippen LogP contribution in [0.1, 0.15) is 39.1 Å². The SMILES string of the molecule is CC(C)C.COc1ccc2nc(COc3ccc(CC4SC(=O)N=C4C)cc3)n(C)c2c1. The highest BCUT2D eigenvalue weighted by Gasteiger charge is 2.24. The lowest BCUT2D eigenvalue weighted by atomic mass is 10.1. The van der Waals surface area contributed by atoms with Crippen molar-refractivity contribution in [1.29, 1.82) is 0 Å². The van der Waals surface area contributed by atoms with E-state index in [0.717, 1.165) is 52.0 Å². The van der Waals surface area contributed by atoms with E-state index in [-0.39, 0.29) is 10.5 Å². The maximum absolute atomic E-state index is 11.4. The highest BCUT2D eigenvalue weighted by Crippen LogP contribution is 2.27. The van der Waals surface area contributed by atoms with Crippen LogP contribution in [0.25, 0.3) is 11.0 Å². The van der Waals surface area contributed by atoms with Gasteiger partial charge in [-0.15, -0.1) is 0 Å². The molecule has 6 nitrogen and oxygen atoms in total. The first-order valence-electron chi connectivity index (χ1n) is 10.7. The molecule has 4 rings (SSSR count). The zero-order valence-corrected chi connectivity index (χ0v) is 20.4. The molecule has 1 unspecified atom stereocenters. The van der Waals surface area contributed by atoms with Gasteiger partial charge in [0.05, 0.1) is 23.4 Å². The molecule has 170 valence electrons. The number of aromatic nitrogens is 2. The van der Waals surface area contributed by atoms with Crippen molar-refractivity contribution < 1.29 is 14.3 Å².